The molecule has 1 aromatic carbocycles. The molecule has 1 spiro atoms. The highest BCUT2D eigenvalue weighted by molar-refractivity contribution is 5.78. The molecule has 4 rings (SSSR count). The molecule has 1 N–H and O–H groups in total. The van der Waals surface area contributed by atoms with Crippen LogP contribution in [0.25, 0.3) is 0 Å². The Balaban J connectivity index is 1.33. The largest absolute Gasteiger partial charge is 0.497 e. The summed E-state index contributed by atoms with van der Waals surface area (Å²) >= 11 is 0. The number of hydrogen-bond donors (Lipinski definition) is 1. The molecule has 0 saturated carbocycles. The van der Waals surface area contributed by atoms with Crippen molar-refractivity contribution in [3.63, 3.8) is 0 Å². The molecule has 1 amide bonds. The molecular formula is C22H30N2O3. The van der Waals surface area contributed by atoms with Crippen molar-refractivity contribution >= 4 is 5.91 Å². The summed E-state index contributed by atoms with van der Waals surface area (Å²) < 4.78 is 11.7. The Morgan fingerprint density at radius 1 is 1.48 bits per heavy atom. The van der Waals surface area contributed by atoms with E-state index in [9.17, 15) is 4.79 Å². The van der Waals surface area contributed by atoms with Crippen LogP contribution in [0, 0.1) is 11.8 Å². The fourth-order valence-electron chi connectivity index (χ4n) is 5.22. The number of carbonyl (C=O) groups excluding carboxylic acids is 1. The van der Waals surface area contributed by atoms with Gasteiger partial charge in [-0.1, -0.05) is 24.3 Å². The molecule has 0 aliphatic carbocycles. The minimum absolute atomic E-state index is 0.0361. The average molecular weight is 370 g/mol. The number of nitrogens with one attached hydrogen (secondary N) is 1. The van der Waals surface area contributed by atoms with E-state index < -0.39 is 0 Å². The first-order valence-corrected chi connectivity index (χ1v) is 10.0. The highest BCUT2D eigenvalue weighted by Crippen LogP contribution is 2.54. The third-order valence-corrected chi connectivity index (χ3v) is 6.49. The molecule has 0 unspecified atom stereocenters. The lowest BCUT2D eigenvalue weighted by molar-refractivity contribution is -0.120. The number of carbonyl (C=O) groups is 1. The van der Waals surface area contributed by atoms with Gasteiger partial charge in [0.15, 0.2) is 0 Å². The van der Waals surface area contributed by atoms with Crippen LogP contribution in [0.4, 0.5) is 0 Å². The maximum Gasteiger partial charge on any atom is 0.224 e. The molecular weight excluding hydrogens is 340 g/mol. The molecule has 3 heterocycles. The van der Waals surface area contributed by atoms with E-state index in [0.29, 0.717) is 24.4 Å². The van der Waals surface area contributed by atoms with Crippen molar-refractivity contribution in [2.24, 2.45) is 11.8 Å². The molecule has 0 aromatic heterocycles. The number of nitrogens with zero attached hydrogens (tertiary/aromatic N) is 1. The second-order valence-electron chi connectivity index (χ2n) is 8.13. The van der Waals surface area contributed by atoms with E-state index in [1.807, 2.05) is 24.3 Å². The zero-order valence-electron chi connectivity index (χ0n) is 16.3. The lowest BCUT2D eigenvalue weighted by Crippen LogP contribution is -2.42. The number of amides is 1. The summed E-state index contributed by atoms with van der Waals surface area (Å²) in [6, 6.07) is 7.71. The first kappa shape index (κ1) is 18.5. The quantitative estimate of drug-likeness (QED) is 0.749. The van der Waals surface area contributed by atoms with Gasteiger partial charge >= 0.3 is 0 Å². The number of allylic oxidation sites excluding steroid dienone is 1. The van der Waals surface area contributed by atoms with Crippen molar-refractivity contribution in [3.05, 3.63) is 42.0 Å². The third kappa shape index (κ3) is 3.63. The maximum atomic E-state index is 12.5. The van der Waals surface area contributed by atoms with Crippen LogP contribution in [-0.2, 0) is 16.0 Å². The number of methoxy groups -OCH3 is 1. The van der Waals surface area contributed by atoms with Gasteiger partial charge in [-0.25, -0.2) is 0 Å². The van der Waals surface area contributed by atoms with Crippen LogP contribution in [0.2, 0.25) is 0 Å². The van der Waals surface area contributed by atoms with Crippen molar-refractivity contribution in [1.82, 2.24) is 10.2 Å². The van der Waals surface area contributed by atoms with Crippen molar-refractivity contribution in [1.29, 1.82) is 0 Å². The molecule has 146 valence electrons. The summed E-state index contributed by atoms with van der Waals surface area (Å²) in [7, 11) is 1.64. The first-order valence-electron chi connectivity index (χ1n) is 10.0. The van der Waals surface area contributed by atoms with Crippen molar-refractivity contribution in [2.45, 2.75) is 37.9 Å². The number of benzene rings is 1. The Labute approximate surface area is 161 Å². The standard InChI is InChI=1S/C22H30N2O3/c1-3-4-10-24-14-19-18(20-8-9-22(19,15-24)27-20)13-23-21(25)12-16-6-5-7-17(11-16)26-2/h3-7,11,18-20H,8-10,12-15H2,1-2H3,(H,23,25)/b4-3+/t18-,19+,20+,22+/m0/s1. The smallest absolute Gasteiger partial charge is 0.224 e. The second kappa shape index (κ2) is 7.64. The monoisotopic (exact) mass is 370 g/mol. The van der Waals surface area contributed by atoms with Crippen LogP contribution in [-0.4, -0.2) is 55.8 Å². The summed E-state index contributed by atoms with van der Waals surface area (Å²) in [4.78, 5) is 15.0. The summed E-state index contributed by atoms with van der Waals surface area (Å²) in [5, 5.41) is 3.17. The normalized spacial score (nSPS) is 32.1. The van der Waals surface area contributed by atoms with Gasteiger partial charge < -0.3 is 14.8 Å². The summed E-state index contributed by atoms with van der Waals surface area (Å²) in [5.41, 5.74) is 1.01. The minimum Gasteiger partial charge on any atom is -0.497 e. The molecule has 0 radical (unpaired) electrons. The Hall–Kier alpha value is -1.85. The van der Waals surface area contributed by atoms with Gasteiger partial charge in [-0.2, -0.15) is 0 Å². The molecule has 4 atom stereocenters. The van der Waals surface area contributed by atoms with Gasteiger partial charge in [-0.05, 0) is 37.5 Å². The maximum absolute atomic E-state index is 12.5. The van der Waals surface area contributed by atoms with Crippen LogP contribution in [0.5, 0.6) is 5.75 Å². The Morgan fingerprint density at radius 2 is 2.37 bits per heavy atom. The zero-order valence-corrected chi connectivity index (χ0v) is 16.3. The van der Waals surface area contributed by atoms with E-state index in [1.165, 1.54) is 6.42 Å². The molecule has 1 aromatic rings. The minimum atomic E-state index is 0.0361. The van der Waals surface area contributed by atoms with E-state index in [-0.39, 0.29) is 11.5 Å². The topological polar surface area (TPSA) is 50.8 Å². The van der Waals surface area contributed by atoms with E-state index in [4.69, 9.17) is 9.47 Å². The fraction of sp³-hybridized carbons (Fsp3) is 0.591. The molecule has 3 saturated heterocycles. The third-order valence-electron chi connectivity index (χ3n) is 6.49. The van der Waals surface area contributed by atoms with Crippen LogP contribution in [0.1, 0.15) is 25.3 Å². The molecule has 2 bridgehead atoms. The van der Waals surface area contributed by atoms with Crippen molar-refractivity contribution in [3.8, 4) is 5.75 Å². The molecule has 5 nitrogen and oxygen atoms in total. The van der Waals surface area contributed by atoms with Gasteiger partial charge in [0.05, 0.1) is 25.2 Å². The van der Waals surface area contributed by atoms with E-state index in [0.717, 1.165) is 43.9 Å². The first-order chi connectivity index (χ1) is 13.1. The predicted molar refractivity (Wildman–Crippen MR) is 105 cm³/mol. The van der Waals surface area contributed by atoms with Crippen LogP contribution in [0.15, 0.2) is 36.4 Å². The van der Waals surface area contributed by atoms with Crippen molar-refractivity contribution < 1.29 is 14.3 Å². The summed E-state index contributed by atoms with van der Waals surface area (Å²) in [6.07, 6.45) is 7.33. The molecule has 3 aliphatic rings. The predicted octanol–water partition coefficient (Wildman–Crippen LogP) is 2.41. The number of rotatable bonds is 7. The van der Waals surface area contributed by atoms with Gasteiger partial charge in [0.25, 0.3) is 0 Å². The van der Waals surface area contributed by atoms with Gasteiger partial charge in [-0.15, -0.1) is 0 Å². The molecule has 27 heavy (non-hydrogen) atoms. The van der Waals surface area contributed by atoms with E-state index in [1.54, 1.807) is 7.11 Å². The number of hydrogen-bond acceptors (Lipinski definition) is 4. The van der Waals surface area contributed by atoms with Gasteiger partial charge in [0.1, 0.15) is 5.75 Å². The average Bonchev–Trinajstić information content (AvgIpc) is 3.33. The lowest BCUT2D eigenvalue weighted by atomic mass is 9.73. The van der Waals surface area contributed by atoms with E-state index in [2.05, 4.69) is 29.3 Å². The number of fused-ring (bicyclic) bond motifs is 1. The van der Waals surface area contributed by atoms with Crippen molar-refractivity contribution in [2.75, 3.05) is 33.3 Å². The van der Waals surface area contributed by atoms with Gasteiger partial charge in [0.2, 0.25) is 5.91 Å². The Bertz CT molecular complexity index is 719. The highest BCUT2D eigenvalue weighted by Gasteiger charge is 2.62. The Morgan fingerprint density at radius 3 is 3.19 bits per heavy atom. The fourth-order valence-corrected chi connectivity index (χ4v) is 5.22. The highest BCUT2D eigenvalue weighted by atomic mass is 16.5. The van der Waals surface area contributed by atoms with Crippen LogP contribution in [0.3, 0.4) is 0 Å². The Kier molecular flexibility index (Phi) is 5.24. The van der Waals surface area contributed by atoms with Gasteiger partial charge in [-0.3, -0.25) is 9.69 Å². The van der Waals surface area contributed by atoms with E-state index >= 15 is 0 Å². The SMILES string of the molecule is C/C=C/CN1C[C@@H]2[C@H](CNC(=O)Cc3cccc(OC)c3)[C@H]3CC[C@]2(C1)O3. The molecule has 5 heteroatoms. The zero-order chi connectivity index (χ0) is 18.9. The second-order valence-corrected chi connectivity index (χ2v) is 8.13. The molecule has 3 aliphatic heterocycles. The van der Waals surface area contributed by atoms with Crippen LogP contribution >= 0.6 is 0 Å². The van der Waals surface area contributed by atoms with Crippen LogP contribution < -0.4 is 10.1 Å². The number of likely N-dealkylation sites (tertiary alicyclic amines) is 1. The number of ether oxygens (including phenoxy) is 2. The summed E-state index contributed by atoms with van der Waals surface area (Å²) in [5.74, 6) is 1.84. The summed E-state index contributed by atoms with van der Waals surface area (Å²) in [6.45, 7) is 5.90. The van der Waals surface area contributed by atoms with Gasteiger partial charge in [0, 0.05) is 38.0 Å². The molecule has 3 fully saturated rings. The lowest BCUT2D eigenvalue weighted by Gasteiger charge is -2.29.